The van der Waals surface area contributed by atoms with Crippen LogP contribution in [-0.2, 0) is 0 Å². The van der Waals surface area contributed by atoms with Gasteiger partial charge in [-0.15, -0.1) is 11.3 Å². The second kappa shape index (κ2) is 5.04. The highest BCUT2D eigenvalue weighted by Gasteiger charge is 2.11. The van der Waals surface area contributed by atoms with Gasteiger partial charge in [0.25, 0.3) is 0 Å². The Morgan fingerprint density at radius 1 is 1.31 bits per heavy atom. The van der Waals surface area contributed by atoms with Crippen LogP contribution in [0.15, 0.2) is 30.3 Å². The molecular weight excluding hydrogens is 353 g/mol. The SMILES string of the molecule is Cc1ccc(C(N)c2ccc(I)c(Cl)c2)s1. The maximum absolute atomic E-state index is 6.20. The topological polar surface area (TPSA) is 26.0 Å². The van der Waals surface area contributed by atoms with Crippen molar-refractivity contribution in [3.05, 3.63) is 54.2 Å². The average molecular weight is 364 g/mol. The third kappa shape index (κ3) is 2.59. The molecule has 0 amide bonds. The molecule has 0 radical (unpaired) electrons. The third-order valence-corrected chi connectivity index (χ3v) is 5.03. The highest BCUT2D eigenvalue weighted by molar-refractivity contribution is 14.1. The highest BCUT2D eigenvalue weighted by atomic mass is 127. The molecule has 1 aromatic heterocycles. The molecule has 1 unspecified atom stereocenters. The van der Waals surface area contributed by atoms with Gasteiger partial charge in [0.1, 0.15) is 0 Å². The van der Waals surface area contributed by atoms with E-state index in [4.69, 9.17) is 17.3 Å². The van der Waals surface area contributed by atoms with Gasteiger partial charge >= 0.3 is 0 Å². The average Bonchev–Trinajstić information content (AvgIpc) is 2.68. The van der Waals surface area contributed by atoms with E-state index in [1.165, 1.54) is 9.75 Å². The molecular formula is C12H11ClINS. The van der Waals surface area contributed by atoms with E-state index in [0.717, 1.165) is 14.2 Å². The number of halogens is 2. The van der Waals surface area contributed by atoms with Crippen LogP contribution in [-0.4, -0.2) is 0 Å². The van der Waals surface area contributed by atoms with Gasteiger partial charge in [-0.2, -0.15) is 0 Å². The first-order valence-corrected chi connectivity index (χ1v) is 7.12. The van der Waals surface area contributed by atoms with E-state index >= 15 is 0 Å². The minimum Gasteiger partial charge on any atom is -0.320 e. The van der Waals surface area contributed by atoms with Gasteiger partial charge in [0.2, 0.25) is 0 Å². The molecule has 0 fully saturated rings. The largest absolute Gasteiger partial charge is 0.320 e. The van der Waals surface area contributed by atoms with Crippen LogP contribution >= 0.6 is 45.5 Å². The number of rotatable bonds is 2. The summed E-state index contributed by atoms with van der Waals surface area (Å²) in [4.78, 5) is 2.46. The molecule has 2 rings (SSSR count). The van der Waals surface area contributed by atoms with Crippen LogP contribution in [0.3, 0.4) is 0 Å². The van der Waals surface area contributed by atoms with Crippen molar-refractivity contribution in [3.8, 4) is 0 Å². The molecule has 1 heterocycles. The smallest absolute Gasteiger partial charge is 0.0646 e. The summed E-state index contributed by atoms with van der Waals surface area (Å²) in [5.74, 6) is 0. The van der Waals surface area contributed by atoms with Crippen molar-refractivity contribution in [2.75, 3.05) is 0 Å². The molecule has 0 aliphatic carbocycles. The number of benzene rings is 1. The molecule has 0 aliphatic rings. The molecule has 0 saturated heterocycles. The van der Waals surface area contributed by atoms with E-state index in [9.17, 15) is 0 Å². The lowest BCUT2D eigenvalue weighted by molar-refractivity contribution is 0.893. The van der Waals surface area contributed by atoms with Crippen LogP contribution in [0.5, 0.6) is 0 Å². The minimum atomic E-state index is -0.0757. The van der Waals surface area contributed by atoms with Crippen molar-refractivity contribution < 1.29 is 0 Å². The predicted octanol–water partition coefficient (Wildman–Crippen LogP) is 4.36. The Bertz CT molecular complexity index is 509. The number of thiophene rings is 1. The van der Waals surface area contributed by atoms with Crippen LogP contribution in [0.1, 0.15) is 21.4 Å². The van der Waals surface area contributed by atoms with Crippen molar-refractivity contribution in [2.24, 2.45) is 5.73 Å². The van der Waals surface area contributed by atoms with E-state index in [0.29, 0.717) is 0 Å². The molecule has 2 aromatic rings. The molecule has 1 aromatic carbocycles. The summed E-state index contributed by atoms with van der Waals surface area (Å²) in [7, 11) is 0. The first-order chi connectivity index (χ1) is 7.58. The zero-order valence-corrected chi connectivity index (χ0v) is 12.4. The summed E-state index contributed by atoms with van der Waals surface area (Å²) in [6.45, 7) is 2.09. The quantitative estimate of drug-likeness (QED) is 0.788. The Morgan fingerprint density at radius 3 is 2.62 bits per heavy atom. The summed E-state index contributed by atoms with van der Waals surface area (Å²) in [5.41, 5.74) is 7.26. The Balaban J connectivity index is 2.33. The Hall–Kier alpha value is -0.100. The third-order valence-electron chi connectivity index (χ3n) is 2.37. The lowest BCUT2D eigenvalue weighted by Gasteiger charge is -2.10. The maximum atomic E-state index is 6.20. The van der Waals surface area contributed by atoms with Gasteiger partial charge in [0.05, 0.1) is 11.1 Å². The van der Waals surface area contributed by atoms with Gasteiger partial charge < -0.3 is 5.73 Å². The van der Waals surface area contributed by atoms with E-state index in [1.807, 2.05) is 18.2 Å². The van der Waals surface area contributed by atoms with E-state index < -0.39 is 0 Å². The molecule has 1 atom stereocenters. The maximum Gasteiger partial charge on any atom is 0.0646 e. The number of hydrogen-bond donors (Lipinski definition) is 1. The van der Waals surface area contributed by atoms with Crippen LogP contribution in [0.2, 0.25) is 5.02 Å². The molecule has 4 heteroatoms. The summed E-state index contributed by atoms with van der Waals surface area (Å²) >= 11 is 10.0. The number of aryl methyl sites for hydroxylation is 1. The van der Waals surface area contributed by atoms with Crippen LogP contribution < -0.4 is 5.73 Å². The number of hydrogen-bond acceptors (Lipinski definition) is 2. The Kier molecular flexibility index (Phi) is 3.89. The lowest BCUT2D eigenvalue weighted by Crippen LogP contribution is -2.10. The number of nitrogens with two attached hydrogens (primary N) is 1. The Morgan fingerprint density at radius 2 is 2.06 bits per heavy atom. The molecule has 84 valence electrons. The molecule has 0 aliphatic heterocycles. The van der Waals surface area contributed by atoms with Gasteiger partial charge in [-0.25, -0.2) is 0 Å². The minimum absolute atomic E-state index is 0.0757. The van der Waals surface area contributed by atoms with Crippen molar-refractivity contribution in [1.29, 1.82) is 0 Å². The fraction of sp³-hybridized carbons (Fsp3) is 0.167. The second-order valence-corrected chi connectivity index (χ2v) is 6.49. The zero-order valence-electron chi connectivity index (χ0n) is 8.71. The van der Waals surface area contributed by atoms with Crippen molar-refractivity contribution in [3.63, 3.8) is 0 Å². The molecule has 0 bridgehead atoms. The first kappa shape index (κ1) is 12.4. The summed E-state index contributed by atoms with van der Waals surface area (Å²) in [6.07, 6.45) is 0. The molecule has 2 N–H and O–H groups in total. The molecule has 0 spiro atoms. The van der Waals surface area contributed by atoms with Gasteiger partial charge in [-0.3, -0.25) is 0 Å². The van der Waals surface area contributed by atoms with Gasteiger partial charge in [-0.1, -0.05) is 17.7 Å². The van der Waals surface area contributed by atoms with Gasteiger partial charge in [0.15, 0.2) is 0 Å². The van der Waals surface area contributed by atoms with Gasteiger partial charge in [0, 0.05) is 13.3 Å². The van der Waals surface area contributed by atoms with Crippen molar-refractivity contribution in [2.45, 2.75) is 13.0 Å². The monoisotopic (exact) mass is 363 g/mol. The van der Waals surface area contributed by atoms with Crippen LogP contribution in [0.25, 0.3) is 0 Å². The second-order valence-electron chi connectivity index (χ2n) is 3.60. The van der Waals surface area contributed by atoms with E-state index in [-0.39, 0.29) is 6.04 Å². The van der Waals surface area contributed by atoms with Crippen molar-refractivity contribution >= 4 is 45.5 Å². The fourth-order valence-corrected chi connectivity index (χ4v) is 2.92. The fourth-order valence-electron chi connectivity index (χ4n) is 1.49. The van der Waals surface area contributed by atoms with Crippen molar-refractivity contribution in [1.82, 2.24) is 0 Å². The van der Waals surface area contributed by atoms with E-state index in [2.05, 4.69) is 41.6 Å². The highest BCUT2D eigenvalue weighted by Crippen LogP contribution is 2.29. The zero-order chi connectivity index (χ0) is 11.7. The van der Waals surface area contributed by atoms with E-state index in [1.54, 1.807) is 11.3 Å². The molecule has 16 heavy (non-hydrogen) atoms. The van der Waals surface area contributed by atoms with Crippen LogP contribution in [0, 0.1) is 10.5 Å². The molecule has 0 saturated carbocycles. The predicted molar refractivity (Wildman–Crippen MR) is 79.3 cm³/mol. The summed E-state index contributed by atoms with van der Waals surface area (Å²) in [6, 6.07) is 10.1. The summed E-state index contributed by atoms with van der Waals surface area (Å²) in [5, 5.41) is 0.766. The lowest BCUT2D eigenvalue weighted by atomic mass is 10.1. The molecule has 1 nitrogen and oxygen atoms in total. The standard InChI is InChI=1S/C12H11ClINS/c1-7-2-5-11(16-7)12(15)8-3-4-10(14)9(13)6-8/h2-6,12H,15H2,1H3. The van der Waals surface area contributed by atoms with Gasteiger partial charge in [-0.05, 0) is 59.3 Å². The Labute approximate surface area is 118 Å². The normalized spacial score (nSPS) is 12.8. The first-order valence-electron chi connectivity index (χ1n) is 4.85. The van der Waals surface area contributed by atoms with Crippen LogP contribution in [0.4, 0.5) is 0 Å². The summed E-state index contributed by atoms with van der Waals surface area (Å²) < 4.78 is 1.05.